The van der Waals surface area contributed by atoms with Gasteiger partial charge in [-0.2, -0.15) is 0 Å². The van der Waals surface area contributed by atoms with E-state index >= 15 is 0 Å². The minimum Gasteiger partial charge on any atom is -0.342 e. The number of rotatable bonds is 5. The van der Waals surface area contributed by atoms with E-state index in [0.29, 0.717) is 11.3 Å². The van der Waals surface area contributed by atoms with E-state index in [2.05, 4.69) is 25.7 Å². The van der Waals surface area contributed by atoms with Crippen LogP contribution in [0.2, 0.25) is 0 Å². The topological polar surface area (TPSA) is 46.3 Å². The first-order valence-electron chi connectivity index (χ1n) is 7.86. The van der Waals surface area contributed by atoms with Gasteiger partial charge in [0.15, 0.2) is 0 Å². The fourth-order valence-corrected chi connectivity index (χ4v) is 2.82. The molecule has 0 saturated carbocycles. The van der Waals surface area contributed by atoms with Crippen LogP contribution in [0, 0.1) is 11.3 Å². The molecular weight excluding hydrogens is 236 g/mol. The second kappa shape index (κ2) is 7.28. The lowest BCUT2D eigenvalue weighted by Gasteiger charge is -2.26. The molecule has 0 spiro atoms. The summed E-state index contributed by atoms with van der Waals surface area (Å²) in [5, 5.41) is 0. The molecule has 112 valence electrons. The molecule has 0 bridgehead atoms. The molecule has 1 rings (SSSR count). The fourth-order valence-electron chi connectivity index (χ4n) is 2.82. The number of hydrogen-bond acceptors (Lipinski definition) is 2. The summed E-state index contributed by atoms with van der Waals surface area (Å²) in [4.78, 5) is 14.5. The summed E-state index contributed by atoms with van der Waals surface area (Å²) in [5.41, 5.74) is 6.15. The van der Waals surface area contributed by atoms with Gasteiger partial charge in [0.05, 0.1) is 0 Å². The third-order valence-electron chi connectivity index (χ3n) is 4.37. The van der Waals surface area contributed by atoms with Gasteiger partial charge in [0.1, 0.15) is 0 Å². The Kier molecular flexibility index (Phi) is 6.31. The highest BCUT2D eigenvalue weighted by atomic mass is 16.2. The molecule has 0 aliphatic carbocycles. The highest BCUT2D eigenvalue weighted by molar-refractivity contribution is 5.78. The predicted octanol–water partition coefficient (Wildman–Crippen LogP) is 3.18. The molecule has 0 radical (unpaired) electrons. The second-order valence-corrected chi connectivity index (χ2v) is 7.15. The first kappa shape index (κ1) is 16.5. The normalized spacial score (nSPS) is 22.7. The third kappa shape index (κ3) is 5.94. The number of likely N-dealkylation sites (tertiary alicyclic amines) is 1. The summed E-state index contributed by atoms with van der Waals surface area (Å²) in [6, 6.07) is 0.251. The molecule has 1 aliphatic heterocycles. The number of nitrogens with two attached hydrogens (primary N) is 1. The Hall–Kier alpha value is -0.570. The third-order valence-corrected chi connectivity index (χ3v) is 4.37. The summed E-state index contributed by atoms with van der Waals surface area (Å²) >= 11 is 0. The molecule has 3 heteroatoms. The van der Waals surface area contributed by atoms with Crippen LogP contribution < -0.4 is 5.73 Å². The Morgan fingerprint density at radius 3 is 2.53 bits per heavy atom. The molecule has 1 aliphatic rings. The molecule has 0 aromatic carbocycles. The van der Waals surface area contributed by atoms with E-state index in [4.69, 9.17) is 5.73 Å². The lowest BCUT2D eigenvalue weighted by Crippen LogP contribution is -2.36. The van der Waals surface area contributed by atoms with Crippen molar-refractivity contribution < 1.29 is 4.79 Å². The van der Waals surface area contributed by atoms with E-state index in [-0.39, 0.29) is 12.0 Å². The minimum atomic E-state index is 0.153. The van der Waals surface area contributed by atoms with Crippen LogP contribution in [0.4, 0.5) is 0 Å². The van der Waals surface area contributed by atoms with Gasteiger partial charge in [0, 0.05) is 25.0 Å². The van der Waals surface area contributed by atoms with Crippen LogP contribution in [0.15, 0.2) is 0 Å². The van der Waals surface area contributed by atoms with Crippen LogP contribution in [0.1, 0.15) is 66.2 Å². The van der Waals surface area contributed by atoms with Crippen LogP contribution >= 0.6 is 0 Å². The Balaban J connectivity index is 2.39. The average molecular weight is 268 g/mol. The molecule has 19 heavy (non-hydrogen) atoms. The molecule has 0 aromatic rings. The second-order valence-electron chi connectivity index (χ2n) is 7.15. The molecule has 1 fully saturated rings. The zero-order valence-electron chi connectivity index (χ0n) is 13.2. The fraction of sp³-hybridized carbons (Fsp3) is 0.938. The lowest BCUT2D eigenvalue weighted by molar-refractivity contribution is -0.135. The van der Waals surface area contributed by atoms with E-state index in [9.17, 15) is 4.79 Å². The quantitative estimate of drug-likeness (QED) is 0.832. The zero-order valence-corrected chi connectivity index (χ0v) is 13.2. The molecule has 2 unspecified atom stereocenters. The van der Waals surface area contributed by atoms with Gasteiger partial charge in [-0.3, -0.25) is 4.79 Å². The summed E-state index contributed by atoms with van der Waals surface area (Å²) in [7, 11) is 0. The van der Waals surface area contributed by atoms with Gasteiger partial charge >= 0.3 is 0 Å². The van der Waals surface area contributed by atoms with Crippen LogP contribution in [0.5, 0.6) is 0 Å². The van der Waals surface area contributed by atoms with E-state index in [1.807, 2.05) is 6.92 Å². The molecule has 2 N–H and O–H groups in total. The molecule has 0 aromatic heterocycles. The van der Waals surface area contributed by atoms with Gasteiger partial charge in [-0.1, -0.05) is 27.2 Å². The van der Waals surface area contributed by atoms with Crippen LogP contribution in [-0.4, -0.2) is 29.9 Å². The average Bonchev–Trinajstić information content (AvgIpc) is 2.48. The van der Waals surface area contributed by atoms with Crippen LogP contribution in [0.3, 0.4) is 0 Å². The minimum absolute atomic E-state index is 0.153. The van der Waals surface area contributed by atoms with Crippen LogP contribution in [0.25, 0.3) is 0 Å². The highest BCUT2D eigenvalue weighted by Gasteiger charge is 2.27. The van der Waals surface area contributed by atoms with Crippen molar-refractivity contribution >= 4 is 5.91 Å². The molecule has 1 heterocycles. The first-order chi connectivity index (χ1) is 8.82. The van der Waals surface area contributed by atoms with Crippen molar-refractivity contribution in [1.82, 2.24) is 4.90 Å². The van der Waals surface area contributed by atoms with Gasteiger partial charge in [-0.05, 0) is 44.4 Å². The summed E-state index contributed by atoms with van der Waals surface area (Å²) in [5.74, 6) is 0.502. The van der Waals surface area contributed by atoms with Gasteiger partial charge in [-0.25, -0.2) is 0 Å². The van der Waals surface area contributed by atoms with Crippen LogP contribution in [-0.2, 0) is 4.79 Å². The number of hydrogen-bond donors (Lipinski definition) is 1. The number of nitrogens with zero attached hydrogens (tertiary/aromatic N) is 1. The van der Waals surface area contributed by atoms with Crippen molar-refractivity contribution in [1.29, 1.82) is 0 Å². The van der Waals surface area contributed by atoms with Crippen molar-refractivity contribution in [3.63, 3.8) is 0 Å². The number of amides is 1. The summed E-state index contributed by atoms with van der Waals surface area (Å²) < 4.78 is 0. The Labute approximate surface area is 118 Å². The number of carbonyl (C=O) groups is 1. The van der Waals surface area contributed by atoms with Gasteiger partial charge < -0.3 is 10.6 Å². The summed E-state index contributed by atoms with van der Waals surface area (Å²) in [6.45, 7) is 10.6. The summed E-state index contributed by atoms with van der Waals surface area (Å²) in [6.07, 6.45) is 6.56. The Bertz CT molecular complexity index is 286. The van der Waals surface area contributed by atoms with Crippen molar-refractivity contribution in [2.75, 3.05) is 13.1 Å². The lowest BCUT2D eigenvalue weighted by atomic mass is 9.85. The number of carbonyl (C=O) groups excluding carboxylic acids is 1. The van der Waals surface area contributed by atoms with Crippen molar-refractivity contribution in [3.8, 4) is 0 Å². The maximum Gasteiger partial charge on any atom is 0.225 e. The standard InChI is InChI=1S/C16H32N2O/c1-13(7-5-8-14(2)17)15(19)18-11-6-9-16(3,4)10-12-18/h13-14H,5-12,17H2,1-4H3. The molecular formula is C16H32N2O. The highest BCUT2D eigenvalue weighted by Crippen LogP contribution is 2.30. The zero-order chi connectivity index (χ0) is 14.5. The van der Waals surface area contributed by atoms with E-state index in [1.54, 1.807) is 0 Å². The molecule has 2 atom stereocenters. The SMILES string of the molecule is CC(N)CCCC(C)C(=O)N1CCCC(C)(C)CC1. The first-order valence-corrected chi connectivity index (χ1v) is 7.86. The monoisotopic (exact) mass is 268 g/mol. The molecule has 3 nitrogen and oxygen atoms in total. The van der Waals surface area contributed by atoms with E-state index in [0.717, 1.165) is 45.2 Å². The van der Waals surface area contributed by atoms with E-state index in [1.165, 1.54) is 6.42 Å². The predicted molar refractivity (Wildman–Crippen MR) is 80.9 cm³/mol. The largest absolute Gasteiger partial charge is 0.342 e. The molecule has 1 amide bonds. The van der Waals surface area contributed by atoms with Gasteiger partial charge in [-0.15, -0.1) is 0 Å². The Morgan fingerprint density at radius 2 is 1.89 bits per heavy atom. The van der Waals surface area contributed by atoms with E-state index < -0.39 is 0 Å². The van der Waals surface area contributed by atoms with Crippen molar-refractivity contribution in [2.24, 2.45) is 17.1 Å². The van der Waals surface area contributed by atoms with Gasteiger partial charge in [0.25, 0.3) is 0 Å². The van der Waals surface area contributed by atoms with Crippen molar-refractivity contribution in [2.45, 2.75) is 72.3 Å². The maximum atomic E-state index is 12.4. The smallest absolute Gasteiger partial charge is 0.225 e. The maximum absolute atomic E-state index is 12.4. The van der Waals surface area contributed by atoms with Gasteiger partial charge in [0.2, 0.25) is 5.91 Å². The Morgan fingerprint density at radius 1 is 1.21 bits per heavy atom. The molecule has 1 saturated heterocycles. The van der Waals surface area contributed by atoms with Crippen molar-refractivity contribution in [3.05, 3.63) is 0 Å².